The van der Waals surface area contributed by atoms with E-state index in [2.05, 4.69) is 25.3 Å². The normalized spacial score (nSPS) is 11.5. The maximum atomic E-state index is 8.70. The zero-order valence-electron chi connectivity index (χ0n) is 9.48. The minimum atomic E-state index is -0.0277. The van der Waals surface area contributed by atoms with E-state index in [0.717, 1.165) is 5.69 Å². The topological polar surface area (TPSA) is 110 Å². The lowest BCUT2D eigenvalue weighted by molar-refractivity contribution is 0.318. The van der Waals surface area contributed by atoms with E-state index >= 15 is 0 Å². The van der Waals surface area contributed by atoms with Crippen molar-refractivity contribution in [3.8, 4) is 0 Å². The number of rotatable bonds is 3. The predicted molar refractivity (Wildman–Crippen MR) is 65.4 cm³/mol. The number of hydrogen-bond acceptors (Lipinski definition) is 7. The number of hydrogen-bond donors (Lipinski definition) is 2. The Balaban J connectivity index is 2.35. The highest BCUT2D eigenvalue weighted by Crippen LogP contribution is 2.24. The monoisotopic (exact) mass is 262 g/mol. The Bertz CT molecular complexity index is 588. The molecule has 0 unspecified atom stereocenters. The molecule has 0 bridgehead atoms. The summed E-state index contributed by atoms with van der Waals surface area (Å²) in [4.78, 5) is 8.34. The third-order valence-corrected chi connectivity index (χ3v) is 2.91. The van der Waals surface area contributed by atoms with E-state index < -0.39 is 0 Å². The molecule has 0 aromatic carbocycles. The zero-order valence-corrected chi connectivity index (χ0v) is 10.3. The Labute approximate surface area is 107 Å². The fourth-order valence-corrected chi connectivity index (χ4v) is 2.05. The Kier molecular flexibility index (Phi) is 3.68. The van der Waals surface area contributed by atoms with Gasteiger partial charge in [0.25, 0.3) is 0 Å². The average Bonchev–Trinajstić information content (AvgIpc) is 2.38. The van der Waals surface area contributed by atoms with Gasteiger partial charge in [-0.3, -0.25) is 0 Å². The van der Waals surface area contributed by atoms with Crippen LogP contribution in [0.1, 0.15) is 11.3 Å². The van der Waals surface area contributed by atoms with Crippen LogP contribution in [0.15, 0.2) is 39.9 Å². The molecule has 0 fully saturated rings. The minimum Gasteiger partial charge on any atom is -0.409 e. The molecule has 0 aliphatic rings. The van der Waals surface area contributed by atoms with Crippen LogP contribution in [0, 0.1) is 6.92 Å². The second-order valence-corrected chi connectivity index (χ2v) is 4.27. The standard InChI is InChI=1S/C10H10N6OS/c1-6-2-4-12-10(14-6)18-9-7(8(11)16-17)3-5-13-15-9/h2-5,17H,1H3,(H2,11,16). The molecule has 92 valence electrons. The molecule has 0 amide bonds. The highest BCUT2D eigenvalue weighted by Gasteiger charge is 2.11. The molecule has 0 spiro atoms. The van der Waals surface area contributed by atoms with E-state index in [1.165, 1.54) is 18.0 Å². The molecule has 0 radical (unpaired) electrons. The second-order valence-electron chi connectivity index (χ2n) is 3.32. The van der Waals surface area contributed by atoms with Crippen molar-refractivity contribution in [1.82, 2.24) is 20.2 Å². The first-order chi connectivity index (χ1) is 8.70. The molecule has 2 rings (SSSR count). The van der Waals surface area contributed by atoms with Crippen molar-refractivity contribution >= 4 is 17.6 Å². The van der Waals surface area contributed by atoms with Gasteiger partial charge in [-0.1, -0.05) is 5.16 Å². The molecule has 7 nitrogen and oxygen atoms in total. The van der Waals surface area contributed by atoms with Gasteiger partial charge in [-0.05, 0) is 30.8 Å². The van der Waals surface area contributed by atoms with Gasteiger partial charge in [0.15, 0.2) is 11.0 Å². The SMILES string of the molecule is Cc1ccnc(Sc2nnccc2C(N)=NO)n1. The van der Waals surface area contributed by atoms with Gasteiger partial charge >= 0.3 is 0 Å². The second kappa shape index (κ2) is 5.41. The summed E-state index contributed by atoms with van der Waals surface area (Å²) >= 11 is 1.20. The van der Waals surface area contributed by atoms with Crippen LogP contribution in [0.4, 0.5) is 0 Å². The Morgan fingerprint density at radius 1 is 1.39 bits per heavy atom. The molecule has 2 aromatic rings. The van der Waals surface area contributed by atoms with Crippen LogP contribution in [-0.4, -0.2) is 31.2 Å². The van der Waals surface area contributed by atoms with Gasteiger partial charge in [0.05, 0.1) is 11.8 Å². The van der Waals surface area contributed by atoms with E-state index in [1.807, 2.05) is 6.92 Å². The Morgan fingerprint density at radius 2 is 2.22 bits per heavy atom. The van der Waals surface area contributed by atoms with E-state index in [0.29, 0.717) is 15.7 Å². The third kappa shape index (κ3) is 2.72. The van der Waals surface area contributed by atoms with Crippen molar-refractivity contribution in [3.63, 3.8) is 0 Å². The molecular weight excluding hydrogens is 252 g/mol. The van der Waals surface area contributed by atoms with Gasteiger partial charge in [-0.25, -0.2) is 9.97 Å². The average molecular weight is 262 g/mol. The van der Waals surface area contributed by atoms with Crippen molar-refractivity contribution in [2.24, 2.45) is 10.9 Å². The number of nitrogens with zero attached hydrogens (tertiary/aromatic N) is 5. The first kappa shape index (κ1) is 12.2. The van der Waals surface area contributed by atoms with Crippen LogP contribution in [-0.2, 0) is 0 Å². The molecule has 0 saturated heterocycles. The molecule has 0 saturated carbocycles. The van der Waals surface area contributed by atoms with Crippen LogP contribution >= 0.6 is 11.8 Å². The lowest BCUT2D eigenvalue weighted by Gasteiger charge is -2.04. The van der Waals surface area contributed by atoms with Crippen molar-refractivity contribution in [2.75, 3.05) is 0 Å². The van der Waals surface area contributed by atoms with Crippen molar-refractivity contribution in [1.29, 1.82) is 0 Å². The van der Waals surface area contributed by atoms with Gasteiger partial charge in [-0.15, -0.1) is 5.10 Å². The molecule has 0 aliphatic carbocycles. The van der Waals surface area contributed by atoms with Crippen molar-refractivity contribution < 1.29 is 5.21 Å². The van der Waals surface area contributed by atoms with Gasteiger partial charge in [0.1, 0.15) is 5.03 Å². The third-order valence-electron chi connectivity index (χ3n) is 2.03. The van der Waals surface area contributed by atoms with Crippen molar-refractivity contribution in [2.45, 2.75) is 17.1 Å². The van der Waals surface area contributed by atoms with Crippen LogP contribution < -0.4 is 5.73 Å². The molecule has 2 heterocycles. The van der Waals surface area contributed by atoms with E-state index in [1.54, 1.807) is 18.3 Å². The summed E-state index contributed by atoms with van der Waals surface area (Å²) in [6, 6.07) is 3.41. The van der Waals surface area contributed by atoms with E-state index in [9.17, 15) is 0 Å². The summed E-state index contributed by atoms with van der Waals surface area (Å²) in [6.45, 7) is 1.87. The quantitative estimate of drug-likeness (QED) is 0.277. The number of oxime groups is 1. The highest BCUT2D eigenvalue weighted by atomic mass is 32.2. The maximum Gasteiger partial charge on any atom is 0.194 e. The fraction of sp³-hybridized carbons (Fsp3) is 0.100. The summed E-state index contributed by atoms with van der Waals surface area (Å²) in [7, 11) is 0. The lowest BCUT2D eigenvalue weighted by Crippen LogP contribution is -2.15. The smallest absolute Gasteiger partial charge is 0.194 e. The van der Waals surface area contributed by atoms with Gasteiger partial charge in [-0.2, -0.15) is 5.10 Å². The molecule has 2 aromatic heterocycles. The molecule has 0 atom stereocenters. The summed E-state index contributed by atoms with van der Waals surface area (Å²) in [5.74, 6) is -0.0277. The van der Waals surface area contributed by atoms with Gasteiger partial charge < -0.3 is 10.9 Å². The number of aryl methyl sites for hydroxylation is 1. The summed E-state index contributed by atoms with van der Waals surface area (Å²) in [5, 5.41) is 20.4. The molecule has 18 heavy (non-hydrogen) atoms. The first-order valence-corrected chi connectivity index (χ1v) is 5.79. The van der Waals surface area contributed by atoms with Crippen LogP contribution in [0.25, 0.3) is 0 Å². The Morgan fingerprint density at radius 3 is 2.94 bits per heavy atom. The van der Waals surface area contributed by atoms with Gasteiger partial charge in [0, 0.05) is 11.9 Å². The molecular formula is C10H10N6OS. The van der Waals surface area contributed by atoms with Crippen molar-refractivity contribution in [3.05, 3.63) is 35.8 Å². The minimum absolute atomic E-state index is 0.0277. The number of amidine groups is 1. The lowest BCUT2D eigenvalue weighted by atomic mass is 10.3. The van der Waals surface area contributed by atoms with E-state index in [4.69, 9.17) is 10.9 Å². The van der Waals surface area contributed by atoms with Crippen LogP contribution in [0.2, 0.25) is 0 Å². The summed E-state index contributed by atoms with van der Waals surface area (Å²) in [6.07, 6.45) is 3.12. The molecule has 0 aliphatic heterocycles. The summed E-state index contributed by atoms with van der Waals surface area (Å²) in [5.41, 5.74) is 6.89. The van der Waals surface area contributed by atoms with Gasteiger partial charge in [0.2, 0.25) is 0 Å². The summed E-state index contributed by atoms with van der Waals surface area (Å²) < 4.78 is 0. The van der Waals surface area contributed by atoms with Crippen LogP contribution in [0.5, 0.6) is 0 Å². The largest absolute Gasteiger partial charge is 0.409 e. The highest BCUT2D eigenvalue weighted by molar-refractivity contribution is 7.99. The molecule has 3 N–H and O–H groups in total. The maximum absolute atomic E-state index is 8.70. The van der Waals surface area contributed by atoms with E-state index in [-0.39, 0.29) is 5.84 Å². The predicted octanol–water partition coefficient (Wildman–Crippen LogP) is 0.821. The van der Waals surface area contributed by atoms with Crippen LogP contribution in [0.3, 0.4) is 0 Å². The first-order valence-electron chi connectivity index (χ1n) is 4.98. The fourth-order valence-electron chi connectivity index (χ4n) is 1.20. The number of nitrogens with two attached hydrogens (primary N) is 1. The Hall–Kier alpha value is -2.22. The molecule has 8 heteroatoms. The number of aromatic nitrogens is 4. The zero-order chi connectivity index (χ0) is 13.0.